The number of rotatable bonds is 5. The Morgan fingerprint density at radius 1 is 1.14 bits per heavy atom. The average Bonchev–Trinajstić information content (AvgIpc) is 3.09. The van der Waals surface area contributed by atoms with E-state index in [0.29, 0.717) is 12.0 Å². The predicted molar refractivity (Wildman–Crippen MR) is 126 cm³/mol. The van der Waals surface area contributed by atoms with Gasteiger partial charge in [-0.2, -0.15) is 0 Å². The Balaban J connectivity index is 2.21. The second kappa shape index (κ2) is 10.2. The number of hydrogen-bond acceptors (Lipinski definition) is 10. The number of carbonyl (C=O) groups is 3. The molecule has 1 aliphatic carbocycles. The van der Waals surface area contributed by atoms with Crippen LogP contribution in [0.5, 0.6) is 0 Å². The van der Waals surface area contributed by atoms with Gasteiger partial charge in [-0.05, 0) is 45.8 Å². The maximum Gasteiger partial charge on any atom is 0.303 e. The fourth-order valence-corrected chi connectivity index (χ4v) is 6.46. The summed E-state index contributed by atoms with van der Waals surface area (Å²) in [6, 6.07) is 0. The van der Waals surface area contributed by atoms with Crippen molar-refractivity contribution in [2.45, 2.75) is 103 Å². The molecule has 3 rings (SSSR count). The van der Waals surface area contributed by atoms with Crippen LogP contribution in [0.2, 0.25) is 0 Å². The number of ether oxygens (including phenoxy) is 4. The molecule has 0 radical (unpaired) electrons. The van der Waals surface area contributed by atoms with Gasteiger partial charge in [-0.3, -0.25) is 19.6 Å². The Hall–Kier alpha value is -2.27. The Kier molecular flexibility index (Phi) is 8.05. The van der Waals surface area contributed by atoms with E-state index in [0.717, 1.165) is 5.57 Å². The molecule has 0 aromatic rings. The maximum absolute atomic E-state index is 12.1. The first-order valence-corrected chi connectivity index (χ1v) is 12.2. The quantitative estimate of drug-likeness (QED) is 0.187. The van der Waals surface area contributed by atoms with E-state index >= 15 is 0 Å². The molecule has 0 aromatic heterocycles. The van der Waals surface area contributed by atoms with Crippen LogP contribution < -0.4 is 0 Å². The van der Waals surface area contributed by atoms with E-state index in [4.69, 9.17) is 18.9 Å². The molecule has 10 nitrogen and oxygen atoms in total. The van der Waals surface area contributed by atoms with Crippen LogP contribution in [0.4, 0.5) is 0 Å². The van der Waals surface area contributed by atoms with E-state index in [-0.39, 0.29) is 12.3 Å². The molecule has 2 bridgehead atoms. The third kappa shape index (κ3) is 5.37. The summed E-state index contributed by atoms with van der Waals surface area (Å²) >= 11 is 0. The highest BCUT2D eigenvalue weighted by Gasteiger charge is 2.64. The Labute approximate surface area is 211 Å². The number of hydrogen-bond donors (Lipinski definition) is 2. The molecular formula is C26H38O10. The van der Waals surface area contributed by atoms with Crippen LogP contribution >= 0.6 is 0 Å². The van der Waals surface area contributed by atoms with Crippen molar-refractivity contribution in [1.82, 2.24) is 0 Å². The Bertz CT molecular complexity index is 935. The zero-order valence-electron chi connectivity index (χ0n) is 22.0. The topological polar surface area (TPSA) is 138 Å². The van der Waals surface area contributed by atoms with E-state index in [1.807, 2.05) is 13.0 Å². The van der Waals surface area contributed by atoms with Crippen molar-refractivity contribution in [1.29, 1.82) is 0 Å². The molecule has 0 unspecified atom stereocenters. The molecular weight excluding hydrogens is 472 g/mol. The molecule has 3 aliphatic rings. The van der Waals surface area contributed by atoms with E-state index in [1.54, 1.807) is 13.8 Å². The lowest BCUT2D eigenvalue weighted by atomic mass is 9.60. The predicted octanol–water partition coefficient (Wildman–Crippen LogP) is 2.73. The van der Waals surface area contributed by atoms with Gasteiger partial charge in [0.15, 0.2) is 0 Å². The third-order valence-corrected chi connectivity index (χ3v) is 7.73. The number of fused-ring (bicyclic) bond motifs is 5. The van der Waals surface area contributed by atoms with Crippen molar-refractivity contribution in [3.8, 4) is 0 Å². The van der Waals surface area contributed by atoms with Crippen molar-refractivity contribution >= 4 is 17.9 Å². The highest BCUT2D eigenvalue weighted by molar-refractivity contribution is 5.67. The lowest BCUT2D eigenvalue weighted by molar-refractivity contribution is -0.278. The molecule has 9 atom stereocenters. The molecule has 36 heavy (non-hydrogen) atoms. The lowest BCUT2D eigenvalue weighted by Gasteiger charge is -2.49. The highest BCUT2D eigenvalue weighted by atomic mass is 17.1. The summed E-state index contributed by atoms with van der Waals surface area (Å²) in [4.78, 5) is 40.8. The fraction of sp³-hybridized carbons (Fsp3) is 0.731. The van der Waals surface area contributed by atoms with E-state index < -0.39 is 71.5 Å². The number of esters is 3. The summed E-state index contributed by atoms with van der Waals surface area (Å²) < 4.78 is 23.5. The minimum absolute atomic E-state index is 0.0495. The normalized spacial score (nSPS) is 38.6. The van der Waals surface area contributed by atoms with Gasteiger partial charge in [0.25, 0.3) is 0 Å². The van der Waals surface area contributed by atoms with Gasteiger partial charge in [-0.25, -0.2) is 4.89 Å². The van der Waals surface area contributed by atoms with Crippen LogP contribution in [0.3, 0.4) is 0 Å². The molecule has 2 aliphatic heterocycles. The molecule has 202 valence electrons. The third-order valence-electron chi connectivity index (χ3n) is 7.73. The summed E-state index contributed by atoms with van der Waals surface area (Å²) in [5.74, 6) is -3.00. The first-order chi connectivity index (χ1) is 16.6. The standard InChI is InChI=1S/C26H38O10/c1-12-9-18-21-13(2)10-19(32-14(3)27)23(25(6,7)35-16(5)29)22(21)24(34-18)26(8,30)20(33-15(4)28)11-17(12)36-31/h10,17-24,30-31H,1,9,11H2,2-8H3/t17-,18+,19+,20-,21+,22-,23-,24+,26+/m0/s1. The van der Waals surface area contributed by atoms with Crippen molar-refractivity contribution in [3.63, 3.8) is 0 Å². The summed E-state index contributed by atoms with van der Waals surface area (Å²) in [6.07, 6.45) is -2.07. The smallest absolute Gasteiger partial charge is 0.303 e. The minimum Gasteiger partial charge on any atom is -0.459 e. The summed E-state index contributed by atoms with van der Waals surface area (Å²) in [7, 11) is 0. The van der Waals surface area contributed by atoms with Crippen LogP contribution in [0.1, 0.15) is 61.3 Å². The number of carbonyl (C=O) groups excluding carboxylic acids is 3. The van der Waals surface area contributed by atoms with Crippen LogP contribution in [0.15, 0.2) is 23.8 Å². The average molecular weight is 511 g/mol. The summed E-state index contributed by atoms with van der Waals surface area (Å²) in [5.41, 5.74) is -1.48. The van der Waals surface area contributed by atoms with Crippen molar-refractivity contribution < 1.29 is 48.6 Å². The van der Waals surface area contributed by atoms with Gasteiger partial charge in [0.2, 0.25) is 0 Å². The fourth-order valence-electron chi connectivity index (χ4n) is 6.46. The van der Waals surface area contributed by atoms with Gasteiger partial charge in [0.05, 0.1) is 12.2 Å². The zero-order valence-corrected chi connectivity index (χ0v) is 22.0. The maximum atomic E-state index is 12.1. The SMILES string of the molecule is C=C1C[C@H]2O[C@H]([C@H]3[C@@H]2C(C)=C[C@@H](OC(C)=O)[C@@H]3C(C)(C)OC(C)=O)[C@](C)(O)[C@@H](OC(C)=O)C[C@@H]1OO. The number of aliphatic hydroxyl groups is 1. The first-order valence-electron chi connectivity index (χ1n) is 12.2. The molecule has 2 heterocycles. The first kappa shape index (κ1) is 28.3. The van der Waals surface area contributed by atoms with Crippen LogP contribution in [-0.4, -0.2) is 70.0 Å². The van der Waals surface area contributed by atoms with Crippen molar-refractivity contribution in [3.05, 3.63) is 23.8 Å². The van der Waals surface area contributed by atoms with Gasteiger partial charge < -0.3 is 24.1 Å². The van der Waals surface area contributed by atoms with E-state index in [2.05, 4.69) is 11.5 Å². The second-order valence-corrected chi connectivity index (χ2v) is 10.9. The van der Waals surface area contributed by atoms with Crippen molar-refractivity contribution in [2.24, 2.45) is 17.8 Å². The summed E-state index contributed by atoms with van der Waals surface area (Å²) in [5, 5.41) is 21.5. The molecule has 0 amide bonds. The molecule has 2 N–H and O–H groups in total. The monoisotopic (exact) mass is 510 g/mol. The molecule has 0 saturated carbocycles. The van der Waals surface area contributed by atoms with Gasteiger partial charge in [0.1, 0.15) is 29.5 Å². The van der Waals surface area contributed by atoms with E-state index in [1.165, 1.54) is 27.7 Å². The van der Waals surface area contributed by atoms with Crippen molar-refractivity contribution in [2.75, 3.05) is 0 Å². The molecule has 0 spiro atoms. The van der Waals surface area contributed by atoms with E-state index in [9.17, 15) is 24.7 Å². The highest BCUT2D eigenvalue weighted by Crippen LogP contribution is 2.55. The molecule has 2 fully saturated rings. The van der Waals surface area contributed by atoms with Crippen LogP contribution in [0, 0.1) is 17.8 Å². The van der Waals surface area contributed by atoms with Crippen LogP contribution in [-0.2, 0) is 38.2 Å². The van der Waals surface area contributed by atoms with Gasteiger partial charge in [0, 0.05) is 44.9 Å². The molecule has 2 saturated heterocycles. The summed E-state index contributed by atoms with van der Waals surface area (Å²) in [6.45, 7) is 14.8. The lowest BCUT2D eigenvalue weighted by Crippen LogP contribution is -2.60. The Morgan fingerprint density at radius 3 is 2.28 bits per heavy atom. The Morgan fingerprint density at radius 2 is 1.75 bits per heavy atom. The zero-order chi connectivity index (χ0) is 27.2. The largest absolute Gasteiger partial charge is 0.459 e. The van der Waals surface area contributed by atoms with Crippen LogP contribution in [0.25, 0.3) is 0 Å². The van der Waals surface area contributed by atoms with Gasteiger partial charge >= 0.3 is 17.9 Å². The molecule has 10 heteroatoms. The van der Waals surface area contributed by atoms with Gasteiger partial charge in [-0.1, -0.05) is 12.2 Å². The second-order valence-electron chi connectivity index (χ2n) is 10.9. The molecule has 0 aromatic carbocycles. The van der Waals surface area contributed by atoms with Gasteiger partial charge in [-0.15, -0.1) is 0 Å². The minimum atomic E-state index is -1.76.